The molecule has 0 amide bonds. The molecule has 3 heteroatoms. The van der Waals surface area contributed by atoms with E-state index < -0.39 is 0 Å². The number of hydrogen-bond donors (Lipinski definition) is 0. The third kappa shape index (κ3) is 3.91. The summed E-state index contributed by atoms with van der Waals surface area (Å²) in [4.78, 5) is 0. The van der Waals surface area contributed by atoms with Crippen molar-refractivity contribution in [2.24, 2.45) is 0 Å². The molecule has 0 unspecified atom stereocenters. The molecule has 3 nitrogen and oxygen atoms in total. The molecule has 0 radical (unpaired) electrons. The van der Waals surface area contributed by atoms with Gasteiger partial charge in [-0.15, -0.1) is 0 Å². The zero-order valence-electron chi connectivity index (χ0n) is 30.0. The molecule has 3 aromatic heterocycles. The fourth-order valence-corrected chi connectivity index (χ4v) is 9.69. The van der Waals surface area contributed by atoms with Crippen LogP contribution in [0.1, 0.15) is 25.0 Å². The van der Waals surface area contributed by atoms with E-state index in [0.29, 0.717) is 0 Å². The highest BCUT2D eigenvalue weighted by molar-refractivity contribution is 6.14. The highest BCUT2D eigenvalue weighted by atomic mass is 16.3. The molecule has 0 saturated carbocycles. The van der Waals surface area contributed by atoms with Crippen LogP contribution in [-0.2, 0) is 5.41 Å². The molecule has 54 heavy (non-hydrogen) atoms. The molecule has 0 fully saturated rings. The first kappa shape index (κ1) is 29.7. The summed E-state index contributed by atoms with van der Waals surface area (Å²) >= 11 is 0. The van der Waals surface area contributed by atoms with Crippen LogP contribution in [0.25, 0.3) is 99.2 Å². The van der Waals surface area contributed by atoms with E-state index in [-0.39, 0.29) is 5.41 Å². The van der Waals surface area contributed by atoms with Crippen molar-refractivity contribution in [2.75, 3.05) is 0 Å². The molecule has 0 atom stereocenters. The summed E-state index contributed by atoms with van der Waals surface area (Å²) in [6.07, 6.45) is 0. The number of aromatic nitrogens is 2. The molecule has 12 rings (SSSR count). The maximum absolute atomic E-state index is 6.34. The minimum Gasteiger partial charge on any atom is -0.456 e. The Kier molecular flexibility index (Phi) is 5.84. The molecule has 0 aliphatic heterocycles. The number of hydrogen-bond acceptors (Lipinski definition) is 1. The molecule has 254 valence electrons. The molecule has 3 heterocycles. The standard InChI is InChI=1S/C51H34N2O/c1-51(2)42-30-34(22-23-35(42)38-24-27-48-49(50(38)51)39-16-8-11-19-47(39)54-48)53-44-18-10-7-15-37(44)41-29-32(21-26-46(41)53)31-20-25-45-40(28-31)36-14-6-9-17-43(36)52(45)33-12-4-3-5-13-33/h3-30H,1-2H3. The third-order valence-corrected chi connectivity index (χ3v) is 12.1. The van der Waals surface area contributed by atoms with E-state index in [4.69, 9.17) is 4.42 Å². The van der Waals surface area contributed by atoms with Crippen molar-refractivity contribution in [1.29, 1.82) is 0 Å². The Labute approximate surface area is 311 Å². The van der Waals surface area contributed by atoms with Crippen LogP contribution in [0.15, 0.2) is 174 Å². The maximum atomic E-state index is 6.34. The SMILES string of the molecule is CC1(C)c2cc(-n3c4ccccc4c4cc(-c5ccc6c(c5)c5ccccc5n6-c5ccccc5)ccc43)ccc2-c2ccc3oc4ccccc4c3c21. The summed E-state index contributed by atoms with van der Waals surface area (Å²) in [6.45, 7) is 4.74. The molecule has 0 saturated heterocycles. The van der Waals surface area contributed by atoms with Crippen LogP contribution in [0.5, 0.6) is 0 Å². The summed E-state index contributed by atoms with van der Waals surface area (Å²) in [5.74, 6) is 0. The minimum atomic E-state index is -0.207. The predicted octanol–water partition coefficient (Wildman–Crippen LogP) is 13.8. The van der Waals surface area contributed by atoms with Crippen molar-refractivity contribution in [3.63, 3.8) is 0 Å². The van der Waals surface area contributed by atoms with Gasteiger partial charge in [0.1, 0.15) is 11.2 Å². The number of rotatable bonds is 3. The number of benzene rings is 8. The summed E-state index contributed by atoms with van der Waals surface area (Å²) in [5, 5.41) is 7.45. The van der Waals surface area contributed by atoms with E-state index in [0.717, 1.165) is 11.2 Å². The van der Waals surface area contributed by atoms with Gasteiger partial charge in [-0.2, -0.15) is 0 Å². The van der Waals surface area contributed by atoms with Gasteiger partial charge in [-0.3, -0.25) is 0 Å². The van der Waals surface area contributed by atoms with E-state index in [1.807, 2.05) is 0 Å². The van der Waals surface area contributed by atoms with Crippen molar-refractivity contribution in [1.82, 2.24) is 9.13 Å². The topological polar surface area (TPSA) is 23.0 Å². The molecular formula is C51H34N2O. The normalized spacial score (nSPS) is 13.5. The van der Waals surface area contributed by atoms with Crippen LogP contribution < -0.4 is 0 Å². The predicted molar refractivity (Wildman–Crippen MR) is 225 cm³/mol. The van der Waals surface area contributed by atoms with Crippen LogP contribution in [0.3, 0.4) is 0 Å². The smallest absolute Gasteiger partial charge is 0.135 e. The Hall–Kier alpha value is -6.84. The van der Waals surface area contributed by atoms with Crippen LogP contribution in [0.4, 0.5) is 0 Å². The molecular weight excluding hydrogens is 657 g/mol. The molecule has 8 aromatic carbocycles. The van der Waals surface area contributed by atoms with Crippen molar-refractivity contribution in [3.8, 4) is 33.6 Å². The average molecular weight is 691 g/mol. The van der Waals surface area contributed by atoms with Crippen LogP contribution in [0, 0.1) is 0 Å². The third-order valence-electron chi connectivity index (χ3n) is 12.1. The molecule has 0 bridgehead atoms. The molecule has 0 N–H and O–H groups in total. The average Bonchev–Trinajstić information content (AvgIpc) is 3.92. The van der Waals surface area contributed by atoms with Gasteiger partial charge in [0.15, 0.2) is 0 Å². The van der Waals surface area contributed by atoms with Gasteiger partial charge in [-0.25, -0.2) is 0 Å². The second kappa shape index (κ2) is 10.6. The highest BCUT2D eigenvalue weighted by Crippen LogP contribution is 2.53. The maximum Gasteiger partial charge on any atom is 0.135 e. The van der Waals surface area contributed by atoms with Crippen molar-refractivity contribution in [2.45, 2.75) is 19.3 Å². The zero-order valence-corrected chi connectivity index (χ0v) is 30.0. The molecule has 1 aliphatic rings. The van der Waals surface area contributed by atoms with Gasteiger partial charge in [0.05, 0.1) is 22.1 Å². The fourth-order valence-electron chi connectivity index (χ4n) is 9.69. The van der Waals surface area contributed by atoms with Gasteiger partial charge in [0, 0.05) is 49.1 Å². The lowest BCUT2D eigenvalue weighted by molar-refractivity contribution is 0.656. The summed E-state index contributed by atoms with van der Waals surface area (Å²) in [6, 6.07) is 62.1. The lowest BCUT2D eigenvalue weighted by atomic mass is 9.80. The summed E-state index contributed by atoms with van der Waals surface area (Å²) in [7, 11) is 0. The monoisotopic (exact) mass is 690 g/mol. The lowest BCUT2D eigenvalue weighted by Gasteiger charge is -2.23. The largest absolute Gasteiger partial charge is 0.456 e. The second-order valence-corrected chi connectivity index (χ2v) is 15.3. The van der Waals surface area contributed by atoms with Gasteiger partial charge in [0.2, 0.25) is 0 Å². The summed E-state index contributed by atoms with van der Waals surface area (Å²) in [5.41, 5.74) is 16.6. The Morgan fingerprint density at radius 2 is 0.963 bits per heavy atom. The highest BCUT2D eigenvalue weighted by Gasteiger charge is 2.38. The van der Waals surface area contributed by atoms with E-state index in [2.05, 4.69) is 193 Å². The van der Waals surface area contributed by atoms with E-state index in [1.54, 1.807) is 0 Å². The first-order chi connectivity index (χ1) is 26.5. The van der Waals surface area contributed by atoms with Crippen LogP contribution in [-0.4, -0.2) is 9.13 Å². The van der Waals surface area contributed by atoms with Gasteiger partial charge in [0.25, 0.3) is 0 Å². The zero-order chi connectivity index (χ0) is 35.7. The van der Waals surface area contributed by atoms with Crippen LogP contribution in [0.2, 0.25) is 0 Å². The second-order valence-electron chi connectivity index (χ2n) is 15.3. The Morgan fingerprint density at radius 3 is 1.65 bits per heavy atom. The van der Waals surface area contributed by atoms with Crippen LogP contribution >= 0.6 is 0 Å². The Balaban J connectivity index is 1.02. The van der Waals surface area contributed by atoms with Gasteiger partial charge in [-0.1, -0.05) is 111 Å². The Morgan fingerprint density at radius 1 is 0.407 bits per heavy atom. The van der Waals surface area contributed by atoms with E-state index >= 15 is 0 Å². The number of fused-ring (bicyclic) bond motifs is 13. The molecule has 0 spiro atoms. The minimum absolute atomic E-state index is 0.207. The number of nitrogens with zero attached hydrogens (tertiary/aromatic N) is 2. The summed E-state index contributed by atoms with van der Waals surface area (Å²) < 4.78 is 11.2. The van der Waals surface area contributed by atoms with Crippen molar-refractivity contribution < 1.29 is 4.42 Å². The molecule has 11 aromatic rings. The number of para-hydroxylation sites is 4. The van der Waals surface area contributed by atoms with Gasteiger partial charge in [-0.05, 0) is 106 Å². The number of furan rings is 1. The van der Waals surface area contributed by atoms with Crippen molar-refractivity contribution >= 4 is 65.6 Å². The van der Waals surface area contributed by atoms with E-state index in [1.165, 1.54) is 99.1 Å². The van der Waals surface area contributed by atoms with E-state index in [9.17, 15) is 0 Å². The Bertz CT molecular complexity index is 3350. The van der Waals surface area contributed by atoms with Gasteiger partial charge < -0.3 is 13.6 Å². The first-order valence-corrected chi connectivity index (χ1v) is 18.8. The van der Waals surface area contributed by atoms with Gasteiger partial charge >= 0.3 is 0 Å². The van der Waals surface area contributed by atoms with Crippen molar-refractivity contribution in [3.05, 3.63) is 181 Å². The molecule has 1 aliphatic carbocycles. The quantitative estimate of drug-likeness (QED) is 0.181. The first-order valence-electron chi connectivity index (χ1n) is 18.8. The lowest BCUT2D eigenvalue weighted by Crippen LogP contribution is -2.15. The fraction of sp³-hybridized carbons (Fsp3) is 0.0588.